The largest absolute Gasteiger partial charge is 0.364 e. The molecule has 0 saturated carbocycles. The van der Waals surface area contributed by atoms with E-state index in [0.29, 0.717) is 28.4 Å². The molecule has 2 aromatic heterocycles. The second-order valence-corrected chi connectivity index (χ2v) is 4.51. The van der Waals surface area contributed by atoms with Gasteiger partial charge in [0.15, 0.2) is 0 Å². The quantitative estimate of drug-likeness (QED) is 0.658. The second kappa shape index (κ2) is 6.49. The molecule has 0 radical (unpaired) electrons. The number of fused-ring (bicyclic) bond motifs is 1. The zero-order valence-corrected chi connectivity index (χ0v) is 12.2. The summed E-state index contributed by atoms with van der Waals surface area (Å²) in [5.74, 6) is 0.548. The molecule has 2 rings (SSSR count). The second-order valence-electron chi connectivity index (χ2n) is 3.77. The standard InChI is InChI=1S/C12H12Cl2N6/c1-15-4-3-7(16-2)5-17-10-9-8(13)6-18-11(9)20-12(14)19-10/h3-4,6H,1,5H2,2H3,(H2,17,18,19,20)/b4-3-,16-7+. The Kier molecular flexibility index (Phi) is 4.70. The van der Waals surface area contributed by atoms with E-state index in [4.69, 9.17) is 23.2 Å². The number of hydrogen-bond acceptors (Lipinski definition) is 5. The van der Waals surface area contributed by atoms with Crippen LogP contribution in [-0.4, -0.2) is 41.0 Å². The summed E-state index contributed by atoms with van der Waals surface area (Å²) < 4.78 is 0. The highest BCUT2D eigenvalue weighted by molar-refractivity contribution is 6.36. The molecule has 20 heavy (non-hydrogen) atoms. The fourth-order valence-electron chi connectivity index (χ4n) is 1.62. The SMILES string of the molecule is C=N/C=C\C(CNc1nc(Cl)nc2[nH]cc(Cl)c12)=N/C. The van der Waals surface area contributed by atoms with Gasteiger partial charge in [0.05, 0.1) is 22.7 Å². The topological polar surface area (TPSA) is 78.3 Å². The van der Waals surface area contributed by atoms with E-state index in [9.17, 15) is 0 Å². The van der Waals surface area contributed by atoms with Crippen molar-refractivity contribution in [2.24, 2.45) is 9.98 Å². The van der Waals surface area contributed by atoms with Gasteiger partial charge in [-0.1, -0.05) is 11.6 Å². The first-order chi connectivity index (χ1) is 9.65. The first kappa shape index (κ1) is 14.5. The molecule has 104 valence electrons. The van der Waals surface area contributed by atoms with Crippen LogP contribution in [-0.2, 0) is 0 Å². The molecule has 0 bridgehead atoms. The van der Waals surface area contributed by atoms with E-state index in [2.05, 4.69) is 37.0 Å². The van der Waals surface area contributed by atoms with Gasteiger partial charge in [0.1, 0.15) is 11.5 Å². The average molecular weight is 311 g/mol. The summed E-state index contributed by atoms with van der Waals surface area (Å²) in [7, 11) is 1.69. The molecular weight excluding hydrogens is 299 g/mol. The number of H-pyrrole nitrogens is 1. The highest BCUT2D eigenvalue weighted by Crippen LogP contribution is 2.28. The lowest BCUT2D eigenvalue weighted by Crippen LogP contribution is -2.13. The van der Waals surface area contributed by atoms with E-state index in [-0.39, 0.29) is 5.28 Å². The third-order valence-electron chi connectivity index (χ3n) is 2.55. The van der Waals surface area contributed by atoms with E-state index in [1.54, 1.807) is 25.5 Å². The fraction of sp³-hybridized carbons (Fsp3) is 0.167. The number of aliphatic imine (C=N–C) groups is 2. The number of rotatable bonds is 5. The van der Waals surface area contributed by atoms with Crippen molar-refractivity contribution < 1.29 is 0 Å². The number of halogens is 2. The molecule has 0 amide bonds. The molecule has 0 aliphatic heterocycles. The molecule has 0 spiro atoms. The summed E-state index contributed by atoms with van der Waals surface area (Å²) in [5.41, 5.74) is 1.36. The van der Waals surface area contributed by atoms with Crippen LogP contribution in [0.4, 0.5) is 5.82 Å². The van der Waals surface area contributed by atoms with Crippen LogP contribution in [0, 0.1) is 0 Å². The maximum absolute atomic E-state index is 6.10. The first-order valence-electron chi connectivity index (χ1n) is 5.67. The maximum atomic E-state index is 6.10. The number of nitrogens with one attached hydrogen (secondary N) is 2. The summed E-state index contributed by atoms with van der Waals surface area (Å²) in [4.78, 5) is 18.9. The lowest BCUT2D eigenvalue weighted by atomic mass is 10.3. The maximum Gasteiger partial charge on any atom is 0.226 e. The smallest absolute Gasteiger partial charge is 0.226 e. The van der Waals surface area contributed by atoms with Gasteiger partial charge in [-0.15, -0.1) is 0 Å². The summed E-state index contributed by atoms with van der Waals surface area (Å²) in [5, 5.41) is 4.48. The Hall–Kier alpha value is -1.92. The van der Waals surface area contributed by atoms with E-state index < -0.39 is 0 Å². The molecule has 0 atom stereocenters. The van der Waals surface area contributed by atoms with E-state index in [1.807, 2.05) is 0 Å². The molecule has 0 aliphatic carbocycles. The highest BCUT2D eigenvalue weighted by atomic mass is 35.5. The summed E-state index contributed by atoms with van der Waals surface area (Å²) in [6, 6.07) is 0. The predicted octanol–water partition coefficient (Wildman–Crippen LogP) is 2.96. The van der Waals surface area contributed by atoms with E-state index in [1.165, 1.54) is 0 Å². The summed E-state index contributed by atoms with van der Waals surface area (Å²) >= 11 is 12.0. The van der Waals surface area contributed by atoms with Crippen molar-refractivity contribution in [1.29, 1.82) is 0 Å². The minimum atomic E-state index is 0.136. The van der Waals surface area contributed by atoms with Gasteiger partial charge in [0, 0.05) is 19.4 Å². The Bertz CT molecular complexity index is 689. The highest BCUT2D eigenvalue weighted by Gasteiger charge is 2.11. The Morgan fingerprint density at radius 2 is 2.30 bits per heavy atom. The zero-order chi connectivity index (χ0) is 14.5. The normalized spacial score (nSPS) is 12.2. The first-order valence-corrected chi connectivity index (χ1v) is 6.43. The summed E-state index contributed by atoms with van der Waals surface area (Å²) in [6.07, 6.45) is 4.95. The Labute approximate surface area is 125 Å². The summed E-state index contributed by atoms with van der Waals surface area (Å²) in [6.45, 7) is 3.82. The Morgan fingerprint density at radius 1 is 1.50 bits per heavy atom. The molecular formula is C12H12Cl2N6. The lowest BCUT2D eigenvalue weighted by Gasteiger charge is -2.07. The van der Waals surface area contributed by atoms with Crippen molar-refractivity contribution in [3.63, 3.8) is 0 Å². The number of anilines is 1. The molecule has 8 heteroatoms. The number of nitrogens with zero attached hydrogens (tertiary/aromatic N) is 4. The minimum Gasteiger partial charge on any atom is -0.364 e. The molecule has 0 aromatic carbocycles. The molecule has 2 aromatic rings. The van der Waals surface area contributed by atoms with Crippen molar-refractivity contribution in [3.8, 4) is 0 Å². The van der Waals surface area contributed by atoms with Gasteiger partial charge in [-0.05, 0) is 24.4 Å². The van der Waals surface area contributed by atoms with Crippen molar-refractivity contribution >= 4 is 52.5 Å². The molecule has 0 unspecified atom stereocenters. The van der Waals surface area contributed by atoms with Crippen LogP contribution in [0.2, 0.25) is 10.3 Å². The van der Waals surface area contributed by atoms with Crippen LogP contribution >= 0.6 is 23.2 Å². The average Bonchev–Trinajstić information content (AvgIpc) is 2.80. The third kappa shape index (κ3) is 3.15. The Morgan fingerprint density at radius 3 is 3.00 bits per heavy atom. The molecule has 6 nitrogen and oxygen atoms in total. The number of aromatic amines is 1. The van der Waals surface area contributed by atoms with Crippen molar-refractivity contribution in [1.82, 2.24) is 15.0 Å². The lowest BCUT2D eigenvalue weighted by molar-refractivity contribution is 1.18. The molecule has 2 N–H and O–H groups in total. The van der Waals surface area contributed by atoms with Gasteiger partial charge < -0.3 is 10.3 Å². The fourth-order valence-corrected chi connectivity index (χ4v) is 2.02. The van der Waals surface area contributed by atoms with Crippen LogP contribution < -0.4 is 5.32 Å². The van der Waals surface area contributed by atoms with Crippen LogP contribution in [0.1, 0.15) is 0 Å². The molecule has 2 heterocycles. The zero-order valence-electron chi connectivity index (χ0n) is 10.7. The van der Waals surface area contributed by atoms with Gasteiger partial charge in [-0.2, -0.15) is 9.97 Å². The Balaban J connectivity index is 2.27. The van der Waals surface area contributed by atoms with Crippen molar-refractivity contribution in [3.05, 3.63) is 28.8 Å². The predicted molar refractivity (Wildman–Crippen MR) is 84.4 cm³/mol. The van der Waals surface area contributed by atoms with Gasteiger partial charge in [0.25, 0.3) is 0 Å². The van der Waals surface area contributed by atoms with Crippen molar-refractivity contribution in [2.75, 3.05) is 18.9 Å². The van der Waals surface area contributed by atoms with Gasteiger partial charge in [0.2, 0.25) is 5.28 Å². The minimum absolute atomic E-state index is 0.136. The monoisotopic (exact) mass is 310 g/mol. The van der Waals surface area contributed by atoms with Crippen molar-refractivity contribution in [2.45, 2.75) is 0 Å². The molecule has 0 fully saturated rings. The number of aromatic nitrogens is 3. The van der Waals surface area contributed by atoms with E-state index in [0.717, 1.165) is 5.71 Å². The van der Waals surface area contributed by atoms with Crippen LogP contribution in [0.3, 0.4) is 0 Å². The van der Waals surface area contributed by atoms with Gasteiger partial charge in [-0.25, -0.2) is 0 Å². The van der Waals surface area contributed by atoms with Crippen LogP contribution in [0.25, 0.3) is 11.0 Å². The molecule has 0 saturated heterocycles. The van der Waals surface area contributed by atoms with Crippen LogP contribution in [0.15, 0.2) is 28.5 Å². The third-order valence-corrected chi connectivity index (χ3v) is 3.02. The van der Waals surface area contributed by atoms with Gasteiger partial charge >= 0.3 is 0 Å². The molecule has 0 aliphatic rings. The van der Waals surface area contributed by atoms with Crippen LogP contribution in [0.5, 0.6) is 0 Å². The van der Waals surface area contributed by atoms with E-state index >= 15 is 0 Å². The van der Waals surface area contributed by atoms with Gasteiger partial charge in [-0.3, -0.25) is 9.98 Å². The number of hydrogen-bond donors (Lipinski definition) is 2.